The first-order chi connectivity index (χ1) is 8.95. The highest BCUT2D eigenvalue weighted by atomic mass is 127. The quantitative estimate of drug-likeness (QED) is 0.466. The van der Waals surface area contributed by atoms with Crippen LogP contribution in [0.2, 0.25) is 0 Å². The van der Waals surface area contributed by atoms with E-state index >= 15 is 0 Å². The predicted octanol–water partition coefficient (Wildman–Crippen LogP) is 3.96. The van der Waals surface area contributed by atoms with Crippen LogP contribution in [-0.4, -0.2) is 11.1 Å². The van der Waals surface area contributed by atoms with Crippen molar-refractivity contribution in [1.29, 1.82) is 0 Å². The highest BCUT2D eigenvalue weighted by Gasteiger charge is 2.10. The van der Waals surface area contributed by atoms with Gasteiger partial charge in [-0.15, -0.1) is 0 Å². The van der Waals surface area contributed by atoms with Crippen LogP contribution >= 0.6 is 22.6 Å². The summed E-state index contributed by atoms with van der Waals surface area (Å²) in [6.07, 6.45) is 2.93. The number of carbonyl (C=O) groups excluding carboxylic acids is 1. The fraction of sp³-hybridized carbons (Fsp3) is 0.400. The number of rotatable bonds is 6. The van der Waals surface area contributed by atoms with E-state index in [-0.39, 0.29) is 6.61 Å². The number of phenols is 1. The van der Waals surface area contributed by atoms with Crippen LogP contribution in [0, 0.1) is 3.57 Å². The topological polar surface area (TPSA) is 46.5 Å². The number of benzene rings is 1. The Labute approximate surface area is 127 Å². The number of ether oxygens (including phenoxy) is 1. The molecule has 1 rings (SSSR count). The van der Waals surface area contributed by atoms with Gasteiger partial charge < -0.3 is 9.84 Å². The zero-order valence-corrected chi connectivity index (χ0v) is 13.5. The largest absolute Gasteiger partial charge is 0.507 e. The Morgan fingerprint density at radius 3 is 2.74 bits per heavy atom. The molecule has 0 aliphatic carbocycles. The van der Waals surface area contributed by atoms with Crippen molar-refractivity contribution in [1.82, 2.24) is 0 Å². The van der Waals surface area contributed by atoms with Crippen molar-refractivity contribution in [3.8, 4) is 5.75 Å². The Bertz CT molecular complexity index is 481. The first-order valence-electron chi connectivity index (χ1n) is 6.28. The molecule has 0 saturated carbocycles. The summed E-state index contributed by atoms with van der Waals surface area (Å²) >= 11 is 2.09. The van der Waals surface area contributed by atoms with Gasteiger partial charge in [-0.1, -0.05) is 19.9 Å². The molecule has 104 valence electrons. The van der Waals surface area contributed by atoms with Gasteiger partial charge >= 0.3 is 5.97 Å². The minimum atomic E-state index is -0.391. The summed E-state index contributed by atoms with van der Waals surface area (Å²) in [5, 5.41) is 9.98. The number of phenolic OH excluding ortho intramolecular Hbond substituents is 1. The molecule has 0 aliphatic rings. The predicted molar refractivity (Wildman–Crippen MR) is 84.0 cm³/mol. The summed E-state index contributed by atoms with van der Waals surface area (Å²) in [5.74, 6) is -0.0535. The van der Waals surface area contributed by atoms with Gasteiger partial charge in [0.2, 0.25) is 0 Å². The molecule has 0 radical (unpaired) electrons. The van der Waals surface area contributed by atoms with Crippen molar-refractivity contribution < 1.29 is 14.6 Å². The van der Waals surface area contributed by atoms with Crippen LogP contribution in [0.25, 0.3) is 0 Å². The van der Waals surface area contributed by atoms with Crippen LogP contribution in [0.4, 0.5) is 0 Å². The number of aromatic hydroxyl groups is 1. The van der Waals surface area contributed by atoms with E-state index in [9.17, 15) is 9.90 Å². The Morgan fingerprint density at radius 1 is 1.47 bits per heavy atom. The monoisotopic (exact) mass is 374 g/mol. The second-order valence-electron chi connectivity index (χ2n) is 4.55. The number of unbranched alkanes of at least 4 members (excludes halogenated alkanes) is 1. The first kappa shape index (κ1) is 16.0. The zero-order chi connectivity index (χ0) is 14.4. The lowest BCUT2D eigenvalue weighted by atomic mass is 10.0. The minimum absolute atomic E-state index is 0.209. The van der Waals surface area contributed by atoms with Crippen LogP contribution in [-0.2, 0) is 22.6 Å². The van der Waals surface area contributed by atoms with Gasteiger partial charge in [0.25, 0.3) is 0 Å². The number of carbonyl (C=O) groups is 1. The van der Waals surface area contributed by atoms with Crippen LogP contribution in [0.3, 0.4) is 0 Å². The van der Waals surface area contributed by atoms with Crippen molar-refractivity contribution in [2.45, 2.75) is 39.7 Å². The number of esters is 1. The van der Waals surface area contributed by atoms with Crippen molar-refractivity contribution in [2.24, 2.45) is 0 Å². The molecule has 0 atom stereocenters. The second kappa shape index (κ2) is 7.53. The summed E-state index contributed by atoms with van der Waals surface area (Å²) in [6, 6.07) is 3.73. The molecule has 0 amide bonds. The van der Waals surface area contributed by atoms with Gasteiger partial charge in [-0.3, -0.25) is 0 Å². The zero-order valence-electron chi connectivity index (χ0n) is 11.3. The van der Waals surface area contributed by atoms with Gasteiger partial charge in [0.05, 0.1) is 3.57 Å². The van der Waals surface area contributed by atoms with E-state index in [0.29, 0.717) is 11.3 Å². The van der Waals surface area contributed by atoms with Crippen LogP contribution in [0.5, 0.6) is 5.75 Å². The van der Waals surface area contributed by atoms with E-state index in [2.05, 4.69) is 36.1 Å². The van der Waals surface area contributed by atoms with Gasteiger partial charge in [-0.05, 0) is 65.6 Å². The molecule has 0 heterocycles. The standard InChI is InChI=1S/C15H19IO3/c1-4-5-6-12-7-11(8-13(16)14(12)17)9-19-15(18)10(2)3/h7-8,17H,2,4-6,9H2,1,3H3. The Morgan fingerprint density at radius 2 is 2.16 bits per heavy atom. The van der Waals surface area contributed by atoms with E-state index in [1.807, 2.05) is 12.1 Å². The average Bonchev–Trinajstić information content (AvgIpc) is 2.37. The van der Waals surface area contributed by atoms with Crippen molar-refractivity contribution in [3.05, 3.63) is 39.0 Å². The van der Waals surface area contributed by atoms with Gasteiger partial charge in [0.15, 0.2) is 0 Å². The normalized spacial score (nSPS) is 10.3. The molecule has 19 heavy (non-hydrogen) atoms. The third-order valence-corrected chi connectivity index (χ3v) is 3.54. The Hall–Kier alpha value is -1.04. The number of halogens is 1. The lowest BCUT2D eigenvalue weighted by molar-refractivity contribution is -0.140. The lowest BCUT2D eigenvalue weighted by Gasteiger charge is -2.10. The molecule has 1 N–H and O–H groups in total. The highest BCUT2D eigenvalue weighted by Crippen LogP contribution is 2.28. The molecule has 0 saturated heterocycles. The van der Waals surface area contributed by atoms with E-state index in [1.54, 1.807) is 6.92 Å². The molecule has 1 aromatic carbocycles. The molecule has 0 unspecified atom stereocenters. The third kappa shape index (κ3) is 4.86. The molecule has 1 aromatic rings. The van der Waals surface area contributed by atoms with Crippen molar-refractivity contribution >= 4 is 28.6 Å². The molecule has 0 aliphatic heterocycles. The van der Waals surface area contributed by atoms with Gasteiger partial charge in [0, 0.05) is 5.57 Å². The summed E-state index contributed by atoms with van der Waals surface area (Å²) in [7, 11) is 0. The van der Waals surface area contributed by atoms with Crippen LogP contribution in [0.15, 0.2) is 24.3 Å². The smallest absolute Gasteiger partial charge is 0.333 e. The van der Waals surface area contributed by atoms with Crippen molar-refractivity contribution in [3.63, 3.8) is 0 Å². The summed E-state index contributed by atoms with van der Waals surface area (Å²) in [5.41, 5.74) is 2.19. The minimum Gasteiger partial charge on any atom is -0.507 e. The fourth-order valence-corrected chi connectivity index (χ4v) is 2.38. The Balaban J connectivity index is 2.81. The molecule has 0 aromatic heterocycles. The summed E-state index contributed by atoms with van der Waals surface area (Å²) < 4.78 is 5.91. The van der Waals surface area contributed by atoms with Crippen LogP contribution < -0.4 is 0 Å². The molecule has 4 heteroatoms. The number of hydrogen-bond acceptors (Lipinski definition) is 3. The SMILES string of the molecule is C=C(C)C(=O)OCc1cc(I)c(O)c(CCCC)c1. The highest BCUT2D eigenvalue weighted by molar-refractivity contribution is 14.1. The summed E-state index contributed by atoms with van der Waals surface area (Å²) in [6.45, 7) is 7.48. The van der Waals surface area contributed by atoms with Crippen LogP contribution in [0.1, 0.15) is 37.8 Å². The molecule has 3 nitrogen and oxygen atoms in total. The van der Waals surface area contributed by atoms with E-state index in [4.69, 9.17) is 4.74 Å². The average molecular weight is 374 g/mol. The van der Waals surface area contributed by atoms with E-state index in [1.165, 1.54) is 0 Å². The number of aryl methyl sites for hydroxylation is 1. The number of hydrogen-bond donors (Lipinski definition) is 1. The van der Waals surface area contributed by atoms with Gasteiger partial charge in [-0.2, -0.15) is 0 Å². The first-order valence-corrected chi connectivity index (χ1v) is 7.36. The van der Waals surface area contributed by atoms with Crippen molar-refractivity contribution in [2.75, 3.05) is 0 Å². The molecule has 0 fully saturated rings. The van der Waals surface area contributed by atoms with E-state index in [0.717, 1.165) is 34.0 Å². The third-order valence-electron chi connectivity index (χ3n) is 2.72. The second-order valence-corrected chi connectivity index (χ2v) is 5.71. The van der Waals surface area contributed by atoms with E-state index < -0.39 is 5.97 Å². The van der Waals surface area contributed by atoms with Gasteiger partial charge in [-0.25, -0.2) is 4.79 Å². The lowest BCUT2D eigenvalue weighted by Crippen LogP contribution is -2.05. The maximum absolute atomic E-state index is 11.4. The fourth-order valence-electron chi connectivity index (χ4n) is 1.63. The van der Waals surface area contributed by atoms with Gasteiger partial charge in [0.1, 0.15) is 12.4 Å². The molecular formula is C15H19IO3. The Kier molecular flexibility index (Phi) is 6.34. The maximum atomic E-state index is 11.4. The molecule has 0 bridgehead atoms. The molecular weight excluding hydrogens is 355 g/mol. The summed E-state index contributed by atoms with van der Waals surface area (Å²) in [4.78, 5) is 11.4. The maximum Gasteiger partial charge on any atom is 0.333 e. The molecule has 0 spiro atoms.